The van der Waals surface area contributed by atoms with Gasteiger partial charge in [0.1, 0.15) is 11.8 Å². The first-order chi connectivity index (χ1) is 9.11. The summed E-state index contributed by atoms with van der Waals surface area (Å²) in [6.07, 6.45) is 0. The number of H-pyrrole nitrogens is 1. The van der Waals surface area contributed by atoms with Crippen LogP contribution in [0.5, 0.6) is 0 Å². The van der Waals surface area contributed by atoms with Gasteiger partial charge in [-0.15, -0.1) is 0 Å². The Balaban J connectivity index is 2.30. The molecule has 0 radical (unpaired) electrons. The molecule has 94 valence electrons. The Hall–Kier alpha value is -2.94. The first-order valence-electron chi connectivity index (χ1n) is 5.48. The van der Waals surface area contributed by atoms with Crippen molar-refractivity contribution in [2.24, 2.45) is 0 Å². The lowest BCUT2D eigenvalue weighted by Crippen LogP contribution is -2.18. The van der Waals surface area contributed by atoms with Gasteiger partial charge in [0.25, 0.3) is 11.5 Å². The largest absolute Gasteiger partial charge is 0.319 e. The Labute approximate surface area is 108 Å². The van der Waals surface area contributed by atoms with Gasteiger partial charge in [-0.05, 0) is 24.6 Å². The predicted molar refractivity (Wildman–Crippen MR) is 68.7 cm³/mol. The van der Waals surface area contributed by atoms with E-state index in [1.54, 1.807) is 25.1 Å². The van der Waals surface area contributed by atoms with E-state index in [4.69, 9.17) is 5.26 Å². The number of benzene rings is 1. The summed E-state index contributed by atoms with van der Waals surface area (Å²) in [5.41, 5.74) is 1.28. The average molecular weight is 254 g/mol. The zero-order chi connectivity index (χ0) is 13.8. The Morgan fingerprint density at radius 1 is 1.37 bits per heavy atom. The average Bonchev–Trinajstić information content (AvgIpc) is 2.39. The fraction of sp³-hybridized carbons (Fsp3) is 0.0769. The van der Waals surface area contributed by atoms with Crippen LogP contribution in [0, 0.1) is 18.3 Å². The molecular formula is C13H10N4O2. The lowest BCUT2D eigenvalue weighted by molar-refractivity contribution is 0.102. The topological polar surface area (TPSA) is 98.6 Å². The maximum atomic E-state index is 11.9. The van der Waals surface area contributed by atoms with Crippen LogP contribution in [-0.2, 0) is 0 Å². The Morgan fingerprint density at radius 3 is 2.79 bits per heavy atom. The van der Waals surface area contributed by atoms with E-state index in [0.717, 1.165) is 5.56 Å². The molecule has 2 rings (SSSR count). The first kappa shape index (κ1) is 12.5. The van der Waals surface area contributed by atoms with Crippen LogP contribution >= 0.6 is 0 Å². The van der Waals surface area contributed by atoms with E-state index in [1.165, 1.54) is 12.1 Å². The molecule has 0 unspecified atom stereocenters. The molecule has 0 bridgehead atoms. The summed E-state index contributed by atoms with van der Waals surface area (Å²) in [5.74, 6) is -0.488. The Bertz CT molecular complexity index is 708. The van der Waals surface area contributed by atoms with E-state index < -0.39 is 5.91 Å². The number of carbonyl (C=O) groups is 1. The van der Waals surface area contributed by atoms with Crippen LogP contribution in [0.25, 0.3) is 0 Å². The van der Waals surface area contributed by atoms with Crippen LogP contribution in [0.3, 0.4) is 0 Å². The maximum absolute atomic E-state index is 11.9. The molecule has 0 fully saturated rings. The van der Waals surface area contributed by atoms with Crippen LogP contribution in [0.1, 0.15) is 21.6 Å². The summed E-state index contributed by atoms with van der Waals surface area (Å²) in [7, 11) is 0. The Kier molecular flexibility index (Phi) is 3.39. The van der Waals surface area contributed by atoms with Crippen molar-refractivity contribution in [2.75, 3.05) is 5.32 Å². The second-order valence-corrected chi connectivity index (χ2v) is 3.87. The molecular weight excluding hydrogens is 244 g/mol. The molecule has 0 saturated heterocycles. The smallest absolute Gasteiger partial charge is 0.276 e. The quantitative estimate of drug-likeness (QED) is 0.841. The van der Waals surface area contributed by atoms with Gasteiger partial charge in [-0.3, -0.25) is 9.59 Å². The van der Waals surface area contributed by atoms with Gasteiger partial charge >= 0.3 is 0 Å². The van der Waals surface area contributed by atoms with Crippen molar-refractivity contribution >= 4 is 11.6 Å². The number of aromatic amines is 1. The molecule has 1 aromatic carbocycles. The molecule has 0 spiro atoms. The minimum Gasteiger partial charge on any atom is -0.319 e. The molecule has 0 saturated carbocycles. The summed E-state index contributed by atoms with van der Waals surface area (Å²) in [6.45, 7) is 1.78. The third kappa shape index (κ3) is 2.66. The number of carbonyl (C=O) groups excluding carboxylic acids is 1. The minimum atomic E-state index is -0.488. The van der Waals surface area contributed by atoms with E-state index in [1.807, 2.05) is 6.07 Å². The highest BCUT2D eigenvalue weighted by molar-refractivity contribution is 6.03. The van der Waals surface area contributed by atoms with Crippen molar-refractivity contribution < 1.29 is 4.79 Å². The number of nitriles is 1. The molecule has 6 nitrogen and oxygen atoms in total. The van der Waals surface area contributed by atoms with Gasteiger partial charge in [-0.25, -0.2) is 5.10 Å². The molecule has 0 aliphatic carbocycles. The highest BCUT2D eigenvalue weighted by Gasteiger charge is 2.11. The van der Waals surface area contributed by atoms with E-state index in [9.17, 15) is 9.59 Å². The lowest BCUT2D eigenvalue weighted by atomic mass is 10.1. The number of anilines is 1. The summed E-state index contributed by atoms with van der Waals surface area (Å²) in [6, 6.07) is 9.72. The third-order valence-corrected chi connectivity index (χ3v) is 2.54. The summed E-state index contributed by atoms with van der Waals surface area (Å²) in [5, 5.41) is 17.4. The SMILES string of the molecule is Cc1cccc(NC(=O)c2ccc(=O)[nH]n2)c1C#N. The highest BCUT2D eigenvalue weighted by Crippen LogP contribution is 2.18. The monoisotopic (exact) mass is 254 g/mol. The van der Waals surface area contributed by atoms with E-state index in [-0.39, 0.29) is 11.3 Å². The number of rotatable bonds is 2. The third-order valence-electron chi connectivity index (χ3n) is 2.54. The number of amides is 1. The molecule has 2 N–H and O–H groups in total. The number of aromatic nitrogens is 2. The van der Waals surface area contributed by atoms with Crippen molar-refractivity contribution in [3.8, 4) is 6.07 Å². The van der Waals surface area contributed by atoms with Crippen LogP contribution in [0.15, 0.2) is 35.1 Å². The van der Waals surface area contributed by atoms with Crippen molar-refractivity contribution in [2.45, 2.75) is 6.92 Å². The number of hydrogen-bond acceptors (Lipinski definition) is 4. The van der Waals surface area contributed by atoms with Crippen LogP contribution in [0.4, 0.5) is 5.69 Å². The molecule has 1 heterocycles. The molecule has 2 aromatic rings. The highest BCUT2D eigenvalue weighted by atomic mass is 16.2. The molecule has 0 aliphatic rings. The van der Waals surface area contributed by atoms with Crippen molar-refractivity contribution in [3.05, 3.63) is 57.5 Å². The zero-order valence-electron chi connectivity index (χ0n) is 10.1. The van der Waals surface area contributed by atoms with Crippen LogP contribution in [-0.4, -0.2) is 16.1 Å². The van der Waals surface area contributed by atoms with Crippen molar-refractivity contribution in [1.29, 1.82) is 5.26 Å². The van der Waals surface area contributed by atoms with Gasteiger partial charge in [0.15, 0.2) is 0 Å². The maximum Gasteiger partial charge on any atom is 0.276 e. The second kappa shape index (κ2) is 5.14. The lowest BCUT2D eigenvalue weighted by Gasteiger charge is -2.07. The summed E-state index contributed by atoms with van der Waals surface area (Å²) in [4.78, 5) is 22.8. The second-order valence-electron chi connectivity index (χ2n) is 3.87. The van der Waals surface area contributed by atoms with E-state index in [0.29, 0.717) is 11.3 Å². The molecule has 0 atom stereocenters. The van der Waals surface area contributed by atoms with Gasteiger partial charge in [-0.1, -0.05) is 12.1 Å². The van der Waals surface area contributed by atoms with E-state index >= 15 is 0 Å². The van der Waals surface area contributed by atoms with Crippen molar-refractivity contribution in [1.82, 2.24) is 10.2 Å². The van der Waals surface area contributed by atoms with Gasteiger partial charge in [0.2, 0.25) is 0 Å². The van der Waals surface area contributed by atoms with E-state index in [2.05, 4.69) is 15.5 Å². The van der Waals surface area contributed by atoms with Gasteiger partial charge in [-0.2, -0.15) is 10.4 Å². The number of nitrogens with zero attached hydrogens (tertiary/aromatic N) is 2. The zero-order valence-corrected chi connectivity index (χ0v) is 10.1. The number of nitrogens with one attached hydrogen (secondary N) is 2. The fourth-order valence-electron chi connectivity index (χ4n) is 1.58. The van der Waals surface area contributed by atoms with Crippen molar-refractivity contribution in [3.63, 3.8) is 0 Å². The predicted octanol–water partition coefficient (Wildman–Crippen LogP) is 1.20. The van der Waals surface area contributed by atoms with Gasteiger partial charge < -0.3 is 5.32 Å². The minimum absolute atomic E-state index is 0.0741. The molecule has 1 amide bonds. The summed E-state index contributed by atoms with van der Waals surface area (Å²) >= 11 is 0. The first-order valence-corrected chi connectivity index (χ1v) is 5.48. The van der Waals surface area contributed by atoms with Crippen LogP contribution in [0.2, 0.25) is 0 Å². The fourth-order valence-corrected chi connectivity index (χ4v) is 1.58. The molecule has 0 aliphatic heterocycles. The van der Waals surface area contributed by atoms with Gasteiger partial charge in [0.05, 0.1) is 11.3 Å². The molecule has 6 heteroatoms. The normalized spacial score (nSPS) is 9.68. The summed E-state index contributed by atoms with van der Waals surface area (Å²) < 4.78 is 0. The molecule has 19 heavy (non-hydrogen) atoms. The standard InChI is InChI=1S/C13H10N4O2/c1-8-3-2-4-10(9(8)7-14)15-13(19)11-5-6-12(18)17-16-11/h2-6H,1H3,(H,15,19)(H,17,18). The Morgan fingerprint density at radius 2 is 2.16 bits per heavy atom. The number of aryl methyl sites for hydroxylation is 1. The number of hydrogen-bond donors (Lipinski definition) is 2. The van der Waals surface area contributed by atoms with Crippen LogP contribution < -0.4 is 10.9 Å². The molecule has 1 aromatic heterocycles. The van der Waals surface area contributed by atoms with Gasteiger partial charge in [0, 0.05) is 6.07 Å².